The molecule has 3 aromatic rings. The Kier molecular flexibility index (Phi) is 8.96. The Morgan fingerprint density at radius 1 is 0.938 bits per heavy atom. The molecule has 32 heavy (non-hydrogen) atoms. The van der Waals surface area contributed by atoms with Crippen LogP contribution in [0.1, 0.15) is 36.0 Å². The Balaban J connectivity index is 1.66. The summed E-state index contributed by atoms with van der Waals surface area (Å²) in [6, 6.07) is 28.4. The van der Waals surface area contributed by atoms with Gasteiger partial charge in [-0.2, -0.15) is 0 Å². The Hall–Kier alpha value is -3.02. The summed E-state index contributed by atoms with van der Waals surface area (Å²) in [6.07, 6.45) is 1.29. The van der Waals surface area contributed by atoms with Gasteiger partial charge in [-0.1, -0.05) is 85.0 Å². The van der Waals surface area contributed by atoms with Crippen molar-refractivity contribution in [1.29, 1.82) is 0 Å². The lowest BCUT2D eigenvalue weighted by Crippen LogP contribution is -2.26. The molecule has 4 nitrogen and oxygen atoms in total. The average Bonchev–Trinajstić information content (AvgIpc) is 2.81. The molecule has 5 heteroatoms. The molecule has 0 spiro atoms. The van der Waals surface area contributed by atoms with E-state index in [9.17, 15) is 9.90 Å². The zero-order chi connectivity index (χ0) is 22.8. The summed E-state index contributed by atoms with van der Waals surface area (Å²) in [7, 11) is 0. The number of ether oxygens (including phenoxy) is 1. The number of aryl methyl sites for hydroxylation is 1. The molecule has 0 amide bonds. The van der Waals surface area contributed by atoms with Crippen molar-refractivity contribution in [2.24, 2.45) is 0 Å². The van der Waals surface area contributed by atoms with E-state index >= 15 is 0 Å². The van der Waals surface area contributed by atoms with E-state index in [1.165, 1.54) is 11.1 Å². The van der Waals surface area contributed by atoms with Crippen molar-refractivity contribution in [2.45, 2.75) is 38.2 Å². The van der Waals surface area contributed by atoms with Gasteiger partial charge in [0, 0.05) is 24.6 Å². The second-order valence-corrected chi connectivity index (χ2v) is 8.10. The number of benzene rings is 3. The normalized spacial score (nSPS) is 12.7. The van der Waals surface area contributed by atoms with Crippen molar-refractivity contribution in [3.8, 4) is 0 Å². The van der Waals surface area contributed by atoms with E-state index in [1.807, 2.05) is 60.7 Å². The number of hydrogen-bond acceptors (Lipinski definition) is 3. The molecule has 0 heterocycles. The Labute approximate surface area is 195 Å². The Morgan fingerprint density at radius 3 is 2.12 bits per heavy atom. The molecule has 0 fully saturated rings. The highest BCUT2D eigenvalue weighted by Crippen LogP contribution is 2.25. The molecule has 0 aromatic heterocycles. The lowest BCUT2D eigenvalue weighted by molar-refractivity contribution is -0.149. The summed E-state index contributed by atoms with van der Waals surface area (Å²) >= 11 is 5.79. The highest BCUT2D eigenvalue weighted by molar-refractivity contribution is 7.80. The highest BCUT2D eigenvalue weighted by atomic mass is 32.1. The maximum Gasteiger partial charge on any atom is 0.333 e. The lowest BCUT2D eigenvalue weighted by Gasteiger charge is -2.20. The first-order valence-corrected chi connectivity index (χ1v) is 11.3. The van der Waals surface area contributed by atoms with Crippen molar-refractivity contribution in [1.82, 2.24) is 0 Å². The monoisotopic (exact) mass is 447 g/mol. The van der Waals surface area contributed by atoms with E-state index in [4.69, 9.17) is 17.0 Å². The van der Waals surface area contributed by atoms with E-state index in [0.29, 0.717) is 13.0 Å². The van der Waals surface area contributed by atoms with Gasteiger partial charge in [-0.25, -0.2) is 4.79 Å². The van der Waals surface area contributed by atoms with Crippen LogP contribution >= 0.6 is 12.2 Å². The zero-order valence-corrected chi connectivity index (χ0v) is 19.1. The molecule has 1 unspecified atom stereocenters. The van der Waals surface area contributed by atoms with Crippen molar-refractivity contribution >= 4 is 28.9 Å². The number of para-hydroxylation sites is 1. The first-order valence-electron chi connectivity index (χ1n) is 10.9. The van der Waals surface area contributed by atoms with E-state index in [2.05, 4.69) is 29.6 Å². The summed E-state index contributed by atoms with van der Waals surface area (Å²) in [6.45, 7) is 2.19. The number of anilines is 1. The molecular formula is C27H29NO3S. The number of thiocarbonyl (C=S) groups is 1. The molecule has 0 aliphatic carbocycles. The molecule has 0 radical (unpaired) electrons. The summed E-state index contributed by atoms with van der Waals surface area (Å²) in [5, 5.41) is 12.7. The number of carboxylic acids is 1. The van der Waals surface area contributed by atoms with Gasteiger partial charge in [0.2, 0.25) is 0 Å². The Morgan fingerprint density at radius 2 is 1.53 bits per heavy atom. The number of aliphatic carboxylic acids is 1. The average molecular weight is 448 g/mol. The van der Waals surface area contributed by atoms with Gasteiger partial charge in [0.15, 0.2) is 6.10 Å². The van der Waals surface area contributed by atoms with Gasteiger partial charge < -0.3 is 15.2 Å². The third-order valence-electron chi connectivity index (χ3n) is 5.37. The molecule has 2 atom stereocenters. The third-order valence-corrected chi connectivity index (χ3v) is 5.76. The van der Waals surface area contributed by atoms with Gasteiger partial charge in [0.25, 0.3) is 0 Å². The SMILES string of the molecule is CCO[C@@H](Cc1ccc(CCC(C(=S)Nc2ccccc2)c2ccccc2)cc1)C(=O)O. The van der Waals surface area contributed by atoms with Crippen molar-refractivity contribution in [3.05, 3.63) is 102 Å². The zero-order valence-electron chi connectivity index (χ0n) is 18.2. The van der Waals surface area contributed by atoms with E-state index in [0.717, 1.165) is 29.1 Å². The minimum absolute atomic E-state index is 0.0976. The van der Waals surface area contributed by atoms with Crippen LogP contribution in [0.3, 0.4) is 0 Å². The van der Waals surface area contributed by atoms with Gasteiger partial charge in [-0.3, -0.25) is 0 Å². The molecule has 3 aromatic carbocycles. The van der Waals surface area contributed by atoms with Gasteiger partial charge in [-0.05, 0) is 48.6 Å². The maximum atomic E-state index is 11.3. The maximum absolute atomic E-state index is 11.3. The first kappa shape index (κ1) is 23.6. The molecular weight excluding hydrogens is 418 g/mol. The van der Waals surface area contributed by atoms with Crippen molar-refractivity contribution in [2.75, 3.05) is 11.9 Å². The van der Waals surface area contributed by atoms with Gasteiger partial charge in [0.1, 0.15) is 0 Å². The van der Waals surface area contributed by atoms with E-state index in [-0.39, 0.29) is 5.92 Å². The third kappa shape index (κ3) is 7.01. The first-order chi connectivity index (χ1) is 15.6. The lowest BCUT2D eigenvalue weighted by atomic mass is 9.91. The predicted molar refractivity (Wildman–Crippen MR) is 133 cm³/mol. The van der Waals surface area contributed by atoms with Crippen LogP contribution in [0.15, 0.2) is 84.9 Å². The second kappa shape index (κ2) is 12.1. The van der Waals surface area contributed by atoms with Crippen LogP contribution in [0.5, 0.6) is 0 Å². The van der Waals surface area contributed by atoms with Crippen LogP contribution in [0.25, 0.3) is 0 Å². The molecule has 0 aliphatic heterocycles. The van der Waals surface area contributed by atoms with Gasteiger partial charge in [0.05, 0.1) is 4.99 Å². The molecule has 2 N–H and O–H groups in total. The number of hydrogen-bond donors (Lipinski definition) is 2. The number of carbonyl (C=O) groups is 1. The smallest absolute Gasteiger partial charge is 0.333 e. The Bertz CT molecular complexity index is 990. The minimum atomic E-state index is -0.930. The highest BCUT2D eigenvalue weighted by Gasteiger charge is 2.19. The summed E-state index contributed by atoms with van der Waals surface area (Å²) in [5.74, 6) is -0.832. The van der Waals surface area contributed by atoms with Crippen LogP contribution in [0.4, 0.5) is 5.69 Å². The van der Waals surface area contributed by atoms with Crippen LogP contribution in [0.2, 0.25) is 0 Å². The van der Waals surface area contributed by atoms with Crippen LogP contribution < -0.4 is 5.32 Å². The fraction of sp³-hybridized carbons (Fsp3) is 0.259. The quantitative estimate of drug-likeness (QED) is 0.360. The predicted octanol–water partition coefficient (Wildman–Crippen LogP) is 5.87. The minimum Gasteiger partial charge on any atom is -0.479 e. The summed E-state index contributed by atoms with van der Waals surface area (Å²) in [5.41, 5.74) is 4.33. The summed E-state index contributed by atoms with van der Waals surface area (Å²) < 4.78 is 5.32. The van der Waals surface area contributed by atoms with E-state index < -0.39 is 12.1 Å². The fourth-order valence-electron chi connectivity index (χ4n) is 3.67. The van der Waals surface area contributed by atoms with Crippen LogP contribution in [-0.4, -0.2) is 28.8 Å². The van der Waals surface area contributed by atoms with Crippen molar-refractivity contribution in [3.63, 3.8) is 0 Å². The van der Waals surface area contributed by atoms with Gasteiger partial charge in [-0.15, -0.1) is 0 Å². The van der Waals surface area contributed by atoms with Crippen LogP contribution in [-0.2, 0) is 22.4 Å². The molecule has 0 saturated carbocycles. The van der Waals surface area contributed by atoms with E-state index in [1.54, 1.807) is 6.92 Å². The molecule has 0 saturated heterocycles. The summed E-state index contributed by atoms with van der Waals surface area (Å²) in [4.78, 5) is 12.1. The van der Waals surface area contributed by atoms with Crippen LogP contribution in [0, 0.1) is 0 Å². The second-order valence-electron chi connectivity index (χ2n) is 7.66. The molecule has 3 rings (SSSR count). The van der Waals surface area contributed by atoms with Crippen molar-refractivity contribution < 1.29 is 14.6 Å². The number of nitrogens with one attached hydrogen (secondary N) is 1. The standard InChI is InChI=1S/C27H29NO3S/c1-2-31-25(27(29)30)19-21-15-13-20(14-16-21)17-18-24(22-9-5-3-6-10-22)26(32)28-23-11-7-4-8-12-23/h3-16,24-25H,2,17-19H2,1H3,(H,28,32)(H,29,30)/t24?,25-/m0/s1. The topological polar surface area (TPSA) is 58.6 Å². The fourth-order valence-corrected chi connectivity index (χ4v) is 4.04. The van der Waals surface area contributed by atoms with Gasteiger partial charge >= 0.3 is 5.97 Å². The number of rotatable bonds is 11. The molecule has 0 aliphatic rings. The molecule has 166 valence electrons. The largest absolute Gasteiger partial charge is 0.479 e. The molecule has 0 bridgehead atoms. The number of carboxylic acid groups (broad SMARTS) is 1.